The first-order valence-electron chi connectivity index (χ1n) is 6.55. The molecule has 96 valence electrons. The molecule has 1 aromatic carbocycles. The Labute approximate surface area is 109 Å². The van der Waals surface area contributed by atoms with Crippen molar-refractivity contribution in [3.05, 3.63) is 41.2 Å². The molecule has 2 aromatic rings. The lowest BCUT2D eigenvalue weighted by Gasteiger charge is -2.14. The number of imidazole rings is 1. The van der Waals surface area contributed by atoms with Gasteiger partial charge < -0.3 is 9.88 Å². The lowest BCUT2D eigenvalue weighted by molar-refractivity contribution is 0.770. The third kappa shape index (κ3) is 2.40. The van der Waals surface area contributed by atoms with E-state index in [0.717, 1.165) is 24.6 Å². The van der Waals surface area contributed by atoms with Gasteiger partial charge in [-0.05, 0) is 38.3 Å². The number of hydrogen-bond acceptors (Lipinski definition) is 2. The number of hydrogen-bond donors (Lipinski definition) is 1. The first-order valence-corrected chi connectivity index (χ1v) is 6.55. The normalized spacial score (nSPS) is 10.7. The van der Waals surface area contributed by atoms with Crippen LogP contribution in [-0.4, -0.2) is 9.55 Å². The Morgan fingerprint density at radius 3 is 2.67 bits per heavy atom. The number of benzene rings is 1. The van der Waals surface area contributed by atoms with Gasteiger partial charge in [0.1, 0.15) is 0 Å². The summed E-state index contributed by atoms with van der Waals surface area (Å²) in [4.78, 5) is 4.55. The largest absolute Gasteiger partial charge is 0.325 e. The third-order valence-electron chi connectivity index (χ3n) is 3.21. The molecule has 0 bridgehead atoms. The summed E-state index contributed by atoms with van der Waals surface area (Å²) in [6, 6.07) is 6.41. The van der Waals surface area contributed by atoms with Crippen LogP contribution in [0.5, 0.6) is 0 Å². The molecule has 2 rings (SSSR count). The Kier molecular flexibility index (Phi) is 3.70. The van der Waals surface area contributed by atoms with E-state index in [2.05, 4.69) is 60.0 Å². The molecule has 0 amide bonds. The molecule has 0 aliphatic rings. The van der Waals surface area contributed by atoms with E-state index in [1.165, 1.54) is 16.8 Å². The molecule has 1 heterocycles. The van der Waals surface area contributed by atoms with E-state index < -0.39 is 0 Å². The van der Waals surface area contributed by atoms with Crippen molar-refractivity contribution < 1.29 is 0 Å². The van der Waals surface area contributed by atoms with Gasteiger partial charge in [-0.25, -0.2) is 4.98 Å². The SMILES string of the molecule is CCc1cccc(C)c1Nc1nc(C)cn1CC. The van der Waals surface area contributed by atoms with Crippen LogP contribution in [0.2, 0.25) is 0 Å². The van der Waals surface area contributed by atoms with Crippen molar-refractivity contribution in [3.63, 3.8) is 0 Å². The van der Waals surface area contributed by atoms with E-state index >= 15 is 0 Å². The van der Waals surface area contributed by atoms with Crippen LogP contribution in [0.25, 0.3) is 0 Å². The predicted molar refractivity (Wildman–Crippen MR) is 76.5 cm³/mol. The number of nitrogens with zero attached hydrogens (tertiary/aromatic N) is 2. The van der Waals surface area contributed by atoms with Gasteiger partial charge in [-0.2, -0.15) is 0 Å². The van der Waals surface area contributed by atoms with Crippen molar-refractivity contribution >= 4 is 11.6 Å². The van der Waals surface area contributed by atoms with Gasteiger partial charge in [0.05, 0.1) is 5.69 Å². The molecule has 3 heteroatoms. The van der Waals surface area contributed by atoms with Crippen molar-refractivity contribution in [2.45, 2.75) is 40.7 Å². The second-order valence-electron chi connectivity index (χ2n) is 4.58. The zero-order valence-corrected chi connectivity index (χ0v) is 11.6. The zero-order valence-electron chi connectivity index (χ0n) is 11.6. The van der Waals surface area contributed by atoms with E-state index in [0.29, 0.717) is 0 Å². The summed E-state index contributed by atoms with van der Waals surface area (Å²) in [6.45, 7) is 9.39. The molecule has 0 aliphatic carbocycles. The van der Waals surface area contributed by atoms with E-state index in [1.54, 1.807) is 0 Å². The maximum atomic E-state index is 4.55. The molecular weight excluding hydrogens is 222 g/mol. The monoisotopic (exact) mass is 243 g/mol. The summed E-state index contributed by atoms with van der Waals surface area (Å²) in [5, 5.41) is 3.48. The fourth-order valence-corrected chi connectivity index (χ4v) is 2.20. The van der Waals surface area contributed by atoms with E-state index in [1.807, 2.05) is 6.92 Å². The van der Waals surface area contributed by atoms with Crippen LogP contribution in [0, 0.1) is 13.8 Å². The van der Waals surface area contributed by atoms with Gasteiger partial charge in [-0.15, -0.1) is 0 Å². The van der Waals surface area contributed by atoms with Crippen LogP contribution in [0.3, 0.4) is 0 Å². The molecule has 0 saturated heterocycles. The minimum atomic E-state index is 0.927. The second kappa shape index (κ2) is 5.25. The first kappa shape index (κ1) is 12.7. The minimum Gasteiger partial charge on any atom is -0.325 e. The average Bonchev–Trinajstić information content (AvgIpc) is 2.72. The lowest BCUT2D eigenvalue weighted by atomic mass is 10.1. The van der Waals surface area contributed by atoms with Gasteiger partial charge in [0.2, 0.25) is 5.95 Å². The number of nitrogens with one attached hydrogen (secondary N) is 1. The van der Waals surface area contributed by atoms with Crippen molar-refractivity contribution in [2.75, 3.05) is 5.32 Å². The van der Waals surface area contributed by atoms with Crippen LogP contribution >= 0.6 is 0 Å². The molecule has 3 nitrogen and oxygen atoms in total. The molecule has 0 unspecified atom stereocenters. The Bertz CT molecular complexity index is 541. The molecule has 0 atom stereocenters. The van der Waals surface area contributed by atoms with Gasteiger partial charge in [0, 0.05) is 18.4 Å². The van der Waals surface area contributed by atoms with Crippen molar-refractivity contribution in [1.29, 1.82) is 0 Å². The number of aryl methyl sites for hydroxylation is 4. The highest BCUT2D eigenvalue weighted by Crippen LogP contribution is 2.25. The van der Waals surface area contributed by atoms with Gasteiger partial charge in [0.15, 0.2) is 0 Å². The maximum absolute atomic E-state index is 4.55. The first-order chi connectivity index (χ1) is 8.65. The van der Waals surface area contributed by atoms with Gasteiger partial charge in [-0.1, -0.05) is 25.1 Å². The Morgan fingerprint density at radius 2 is 2.00 bits per heavy atom. The topological polar surface area (TPSA) is 29.9 Å². The number of anilines is 2. The third-order valence-corrected chi connectivity index (χ3v) is 3.21. The van der Waals surface area contributed by atoms with Crippen LogP contribution in [-0.2, 0) is 13.0 Å². The molecule has 18 heavy (non-hydrogen) atoms. The molecule has 1 N–H and O–H groups in total. The quantitative estimate of drug-likeness (QED) is 0.884. The summed E-state index contributed by atoms with van der Waals surface area (Å²) in [7, 11) is 0. The highest BCUT2D eigenvalue weighted by Gasteiger charge is 2.09. The van der Waals surface area contributed by atoms with Crippen LogP contribution in [0.1, 0.15) is 30.7 Å². The molecule has 1 aromatic heterocycles. The number of aromatic nitrogens is 2. The zero-order chi connectivity index (χ0) is 13.1. The summed E-state index contributed by atoms with van der Waals surface area (Å²) >= 11 is 0. The van der Waals surface area contributed by atoms with Crippen LogP contribution in [0.15, 0.2) is 24.4 Å². The maximum Gasteiger partial charge on any atom is 0.207 e. The van der Waals surface area contributed by atoms with E-state index in [9.17, 15) is 0 Å². The predicted octanol–water partition coefficient (Wildman–Crippen LogP) is 3.83. The molecule has 0 fully saturated rings. The van der Waals surface area contributed by atoms with Crippen molar-refractivity contribution in [2.24, 2.45) is 0 Å². The molecule has 0 aliphatic heterocycles. The van der Waals surface area contributed by atoms with Gasteiger partial charge in [0.25, 0.3) is 0 Å². The standard InChI is InChI=1S/C15H21N3/c1-5-13-9-7-8-11(3)14(13)17-15-16-12(4)10-18(15)6-2/h7-10H,5-6H2,1-4H3,(H,16,17). The molecular formula is C15H21N3. The fourth-order valence-electron chi connectivity index (χ4n) is 2.20. The molecule has 0 spiro atoms. The number of para-hydroxylation sites is 1. The Morgan fingerprint density at radius 1 is 1.22 bits per heavy atom. The van der Waals surface area contributed by atoms with Crippen LogP contribution in [0.4, 0.5) is 11.6 Å². The minimum absolute atomic E-state index is 0.927. The lowest BCUT2D eigenvalue weighted by Crippen LogP contribution is -2.04. The Balaban J connectivity index is 2.39. The molecule has 0 saturated carbocycles. The number of rotatable bonds is 4. The van der Waals surface area contributed by atoms with Crippen molar-refractivity contribution in [1.82, 2.24) is 9.55 Å². The fraction of sp³-hybridized carbons (Fsp3) is 0.400. The molecule has 0 radical (unpaired) electrons. The van der Waals surface area contributed by atoms with E-state index in [-0.39, 0.29) is 0 Å². The van der Waals surface area contributed by atoms with Gasteiger partial charge in [-0.3, -0.25) is 0 Å². The highest BCUT2D eigenvalue weighted by atomic mass is 15.2. The van der Waals surface area contributed by atoms with Crippen molar-refractivity contribution in [3.8, 4) is 0 Å². The van der Waals surface area contributed by atoms with E-state index in [4.69, 9.17) is 0 Å². The summed E-state index contributed by atoms with van der Waals surface area (Å²) < 4.78 is 2.14. The smallest absolute Gasteiger partial charge is 0.207 e. The summed E-state index contributed by atoms with van der Waals surface area (Å²) in [6.07, 6.45) is 3.10. The summed E-state index contributed by atoms with van der Waals surface area (Å²) in [5.41, 5.74) is 4.84. The average molecular weight is 243 g/mol. The van der Waals surface area contributed by atoms with Crippen LogP contribution < -0.4 is 5.32 Å². The highest BCUT2D eigenvalue weighted by molar-refractivity contribution is 5.63. The second-order valence-corrected chi connectivity index (χ2v) is 4.58. The summed E-state index contributed by atoms with van der Waals surface area (Å²) in [5.74, 6) is 0.930. The van der Waals surface area contributed by atoms with Gasteiger partial charge >= 0.3 is 0 Å². The Hall–Kier alpha value is -1.77.